The third-order valence-electron chi connectivity index (χ3n) is 2.29. The molecule has 0 fully saturated rings. The highest BCUT2D eigenvalue weighted by atomic mass is 32.2. The second kappa shape index (κ2) is 7.99. The summed E-state index contributed by atoms with van der Waals surface area (Å²) in [7, 11) is 0. The van der Waals surface area contributed by atoms with E-state index < -0.39 is 0 Å². The van der Waals surface area contributed by atoms with Gasteiger partial charge in [0.05, 0.1) is 12.2 Å². The van der Waals surface area contributed by atoms with Gasteiger partial charge in [0.1, 0.15) is 11.8 Å². The first-order chi connectivity index (χ1) is 8.27. The highest BCUT2D eigenvalue weighted by Gasteiger charge is 2.03. The topological polar surface area (TPSA) is 53.2 Å². The maximum Gasteiger partial charge on any atom is 0.137 e. The lowest BCUT2D eigenvalue weighted by Crippen LogP contribution is -2.06. The van der Waals surface area contributed by atoms with Crippen LogP contribution in [0.2, 0.25) is 0 Å². The van der Waals surface area contributed by atoms with Gasteiger partial charge in [-0.15, -0.1) is 0 Å². The van der Waals surface area contributed by atoms with Gasteiger partial charge in [-0.1, -0.05) is 19.1 Å². The van der Waals surface area contributed by atoms with Gasteiger partial charge in [-0.25, -0.2) is 0 Å². The van der Waals surface area contributed by atoms with Gasteiger partial charge in [0.15, 0.2) is 0 Å². The van der Waals surface area contributed by atoms with Gasteiger partial charge in [0, 0.05) is 17.6 Å². The fourth-order valence-electron chi connectivity index (χ4n) is 1.35. The second-order valence-electron chi connectivity index (χ2n) is 3.65. The number of aliphatic hydroxyl groups is 1. The van der Waals surface area contributed by atoms with Crippen LogP contribution < -0.4 is 4.74 Å². The van der Waals surface area contributed by atoms with Crippen LogP contribution in [0.4, 0.5) is 0 Å². The predicted molar refractivity (Wildman–Crippen MR) is 70.3 cm³/mol. The third kappa shape index (κ3) is 5.12. The molecule has 1 N–H and O–H groups in total. The largest absolute Gasteiger partial charge is 0.491 e. The summed E-state index contributed by atoms with van der Waals surface area (Å²) in [5.41, 5.74) is 0.570. The van der Waals surface area contributed by atoms with Crippen LogP contribution >= 0.6 is 11.8 Å². The zero-order valence-electron chi connectivity index (χ0n) is 9.93. The van der Waals surface area contributed by atoms with Gasteiger partial charge in [0.2, 0.25) is 0 Å². The van der Waals surface area contributed by atoms with Crippen molar-refractivity contribution in [3.05, 3.63) is 29.8 Å². The van der Waals surface area contributed by atoms with Crippen molar-refractivity contribution in [2.75, 3.05) is 19.0 Å². The number of hydrogen-bond donors (Lipinski definition) is 1. The molecule has 1 aromatic rings. The summed E-state index contributed by atoms with van der Waals surface area (Å²) in [5, 5.41) is 18.1. The first-order valence-corrected chi connectivity index (χ1v) is 6.67. The van der Waals surface area contributed by atoms with Gasteiger partial charge >= 0.3 is 0 Å². The van der Waals surface area contributed by atoms with E-state index in [0.717, 1.165) is 12.2 Å². The second-order valence-corrected chi connectivity index (χ2v) is 5.20. The molecule has 0 radical (unpaired) electrons. The van der Waals surface area contributed by atoms with E-state index in [1.165, 1.54) is 0 Å². The van der Waals surface area contributed by atoms with Crippen molar-refractivity contribution in [1.29, 1.82) is 5.26 Å². The molecule has 0 saturated carbocycles. The molecule has 17 heavy (non-hydrogen) atoms. The number of ether oxygens (including phenoxy) is 1. The van der Waals surface area contributed by atoms with Crippen LogP contribution in [0.3, 0.4) is 0 Å². The monoisotopic (exact) mass is 251 g/mol. The minimum Gasteiger partial charge on any atom is -0.491 e. The predicted octanol–water partition coefficient (Wildman–Crippen LogP) is 2.44. The number of hydrogen-bond acceptors (Lipinski definition) is 4. The van der Waals surface area contributed by atoms with Gasteiger partial charge in [-0.3, -0.25) is 0 Å². The quantitative estimate of drug-likeness (QED) is 0.756. The molecule has 0 aliphatic carbocycles. The van der Waals surface area contributed by atoms with Crippen LogP contribution in [-0.2, 0) is 0 Å². The van der Waals surface area contributed by atoms with Gasteiger partial charge in [-0.2, -0.15) is 17.0 Å². The molecule has 92 valence electrons. The summed E-state index contributed by atoms with van der Waals surface area (Å²) in [6.45, 7) is 2.90. The molecule has 4 heteroatoms. The van der Waals surface area contributed by atoms with E-state index in [1.54, 1.807) is 23.9 Å². The number of thioether (sulfide) groups is 1. The first-order valence-electron chi connectivity index (χ1n) is 5.62. The summed E-state index contributed by atoms with van der Waals surface area (Å²) in [5.74, 6) is 1.51. The molecule has 1 rings (SSSR count). The van der Waals surface area contributed by atoms with Crippen molar-refractivity contribution in [3.8, 4) is 11.8 Å². The highest BCUT2D eigenvalue weighted by Crippen LogP contribution is 2.18. The van der Waals surface area contributed by atoms with E-state index in [4.69, 9.17) is 15.1 Å². The molecule has 0 heterocycles. The normalized spacial score (nSPS) is 11.8. The van der Waals surface area contributed by atoms with Crippen molar-refractivity contribution < 1.29 is 9.84 Å². The molecule has 0 saturated heterocycles. The lowest BCUT2D eigenvalue weighted by atomic mass is 10.2. The Balaban J connectivity index is 2.29. The Morgan fingerprint density at radius 1 is 1.47 bits per heavy atom. The van der Waals surface area contributed by atoms with Gasteiger partial charge < -0.3 is 9.84 Å². The highest BCUT2D eigenvalue weighted by molar-refractivity contribution is 7.99. The SMILES string of the molecule is CC(CCO)SCCOc1ccccc1C#N. The van der Waals surface area contributed by atoms with E-state index in [1.807, 2.05) is 12.1 Å². The average molecular weight is 251 g/mol. The van der Waals surface area contributed by atoms with E-state index >= 15 is 0 Å². The van der Waals surface area contributed by atoms with Gasteiger partial charge in [-0.05, 0) is 18.6 Å². The number of benzene rings is 1. The van der Waals surface area contributed by atoms with Crippen molar-refractivity contribution in [2.24, 2.45) is 0 Å². The van der Waals surface area contributed by atoms with Crippen molar-refractivity contribution in [1.82, 2.24) is 0 Å². The molecule has 0 spiro atoms. The zero-order valence-corrected chi connectivity index (χ0v) is 10.7. The number of aliphatic hydroxyl groups excluding tert-OH is 1. The Morgan fingerprint density at radius 2 is 2.24 bits per heavy atom. The summed E-state index contributed by atoms with van der Waals surface area (Å²) in [6, 6.07) is 9.34. The van der Waals surface area contributed by atoms with E-state index in [2.05, 4.69) is 13.0 Å². The molecule has 3 nitrogen and oxygen atoms in total. The smallest absolute Gasteiger partial charge is 0.137 e. The third-order valence-corrected chi connectivity index (χ3v) is 3.49. The number of para-hydroxylation sites is 1. The van der Waals surface area contributed by atoms with Crippen LogP contribution in [0.25, 0.3) is 0 Å². The minimum atomic E-state index is 0.228. The summed E-state index contributed by atoms with van der Waals surface area (Å²) in [4.78, 5) is 0. The number of nitrogens with zero attached hydrogens (tertiary/aromatic N) is 1. The molecule has 0 aliphatic heterocycles. The molecule has 1 atom stereocenters. The summed E-state index contributed by atoms with van der Waals surface area (Å²) in [6.07, 6.45) is 0.805. The molecule has 0 aromatic heterocycles. The fourth-order valence-corrected chi connectivity index (χ4v) is 2.20. The summed E-state index contributed by atoms with van der Waals surface area (Å²) >= 11 is 1.77. The first kappa shape index (κ1) is 13.9. The Bertz CT molecular complexity index is 376. The van der Waals surface area contributed by atoms with Crippen LogP contribution in [0, 0.1) is 11.3 Å². The molecule has 1 aromatic carbocycles. The minimum absolute atomic E-state index is 0.228. The van der Waals surface area contributed by atoms with E-state index in [-0.39, 0.29) is 6.61 Å². The van der Waals surface area contributed by atoms with Crippen LogP contribution in [-0.4, -0.2) is 29.3 Å². The van der Waals surface area contributed by atoms with Crippen molar-refractivity contribution in [2.45, 2.75) is 18.6 Å². The number of nitriles is 1. The van der Waals surface area contributed by atoms with E-state index in [0.29, 0.717) is 23.2 Å². The molecule has 0 amide bonds. The standard InChI is InChI=1S/C13H17NO2S/c1-11(6-7-15)17-9-8-16-13-5-3-2-4-12(13)10-14/h2-5,11,15H,6-9H2,1H3. The van der Waals surface area contributed by atoms with Crippen molar-refractivity contribution in [3.63, 3.8) is 0 Å². The lowest BCUT2D eigenvalue weighted by molar-refractivity contribution is 0.288. The van der Waals surface area contributed by atoms with Gasteiger partial charge in [0.25, 0.3) is 0 Å². The Kier molecular flexibility index (Phi) is 6.53. The molecule has 1 unspecified atom stereocenters. The molecular formula is C13H17NO2S. The Morgan fingerprint density at radius 3 is 2.94 bits per heavy atom. The molecular weight excluding hydrogens is 234 g/mol. The van der Waals surface area contributed by atoms with Crippen LogP contribution in [0.1, 0.15) is 18.9 Å². The molecule has 0 bridgehead atoms. The van der Waals surface area contributed by atoms with Crippen molar-refractivity contribution >= 4 is 11.8 Å². The van der Waals surface area contributed by atoms with Crippen LogP contribution in [0.15, 0.2) is 24.3 Å². The Hall–Kier alpha value is -1.18. The Labute approximate surface area is 106 Å². The fraction of sp³-hybridized carbons (Fsp3) is 0.462. The maximum absolute atomic E-state index is 8.87. The zero-order chi connectivity index (χ0) is 12.5. The number of rotatable bonds is 7. The average Bonchev–Trinajstić information content (AvgIpc) is 2.35. The molecule has 0 aliphatic rings. The lowest BCUT2D eigenvalue weighted by Gasteiger charge is -2.10. The maximum atomic E-state index is 8.87. The van der Waals surface area contributed by atoms with Crippen LogP contribution in [0.5, 0.6) is 5.75 Å². The van der Waals surface area contributed by atoms with E-state index in [9.17, 15) is 0 Å². The summed E-state index contributed by atoms with van der Waals surface area (Å²) < 4.78 is 5.55.